The molecule has 2 atom stereocenters. The van der Waals surface area contributed by atoms with Crippen molar-refractivity contribution in [1.82, 2.24) is 4.72 Å². The summed E-state index contributed by atoms with van der Waals surface area (Å²) in [5, 5.41) is 0. The molecule has 1 aliphatic carbocycles. The fraction of sp³-hybridized carbons (Fsp3) is 0.500. The predicted molar refractivity (Wildman–Crippen MR) is 69.6 cm³/mol. The van der Waals surface area contributed by atoms with Gasteiger partial charge in [0, 0.05) is 13.2 Å². The summed E-state index contributed by atoms with van der Waals surface area (Å²) in [6.45, 7) is 0. The number of rotatable bonds is 4. The Morgan fingerprint density at radius 2 is 2.06 bits per heavy atom. The van der Waals surface area contributed by atoms with Crippen molar-refractivity contribution < 1.29 is 13.2 Å². The van der Waals surface area contributed by atoms with E-state index in [9.17, 15) is 8.42 Å². The van der Waals surface area contributed by atoms with Crippen LogP contribution in [0.3, 0.4) is 0 Å². The number of nitrogens with one attached hydrogen (secondary N) is 1. The molecule has 100 valence electrons. The van der Waals surface area contributed by atoms with Crippen LogP contribution in [0.25, 0.3) is 0 Å². The van der Waals surface area contributed by atoms with Crippen LogP contribution in [0.15, 0.2) is 29.2 Å². The third kappa shape index (κ3) is 2.82. The molecular formula is C12H18N2O3S. The summed E-state index contributed by atoms with van der Waals surface area (Å²) in [4.78, 5) is 0.144. The topological polar surface area (TPSA) is 81.4 Å². The van der Waals surface area contributed by atoms with Crippen molar-refractivity contribution in [3.8, 4) is 0 Å². The molecule has 0 bridgehead atoms. The molecule has 1 aromatic carbocycles. The van der Waals surface area contributed by atoms with Crippen LogP contribution in [0.1, 0.15) is 19.3 Å². The summed E-state index contributed by atoms with van der Waals surface area (Å²) < 4.78 is 32.3. The van der Waals surface area contributed by atoms with E-state index in [1.165, 1.54) is 6.07 Å². The van der Waals surface area contributed by atoms with E-state index in [4.69, 9.17) is 10.5 Å². The molecule has 1 saturated carbocycles. The molecule has 3 N–H and O–H groups in total. The quantitative estimate of drug-likeness (QED) is 0.803. The third-order valence-electron chi connectivity index (χ3n) is 3.25. The van der Waals surface area contributed by atoms with E-state index >= 15 is 0 Å². The van der Waals surface area contributed by atoms with Gasteiger partial charge in [-0.3, -0.25) is 0 Å². The maximum Gasteiger partial charge on any atom is 0.242 e. The van der Waals surface area contributed by atoms with Gasteiger partial charge < -0.3 is 10.5 Å². The number of sulfonamides is 1. The lowest BCUT2D eigenvalue weighted by molar-refractivity contribution is 0.107. The van der Waals surface area contributed by atoms with Crippen LogP contribution in [-0.4, -0.2) is 27.7 Å². The number of ether oxygens (including phenoxy) is 1. The first-order valence-electron chi connectivity index (χ1n) is 5.92. The Morgan fingerprint density at radius 3 is 2.67 bits per heavy atom. The van der Waals surface area contributed by atoms with Crippen LogP contribution in [0.5, 0.6) is 0 Å². The monoisotopic (exact) mass is 270 g/mol. The van der Waals surface area contributed by atoms with Gasteiger partial charge in [0.15, 0.2) is 0 Å². The first kappa shape index (κ1) is 13.3. The van der Waals surface area contributed by atoms with Gasteiger partial charge in [-0.15, -0.1) is 0 Å². The Morgan fingerprint density at radius 1 is 1.33 bits per heavy atom. The lowest BCUT2D eigenvalue weighted by atomic mass is 10.3. The second-order valence-electron chi connectivity index (χ2n) is 4.53. The normalized spacial score (nSPS) is 24.3. The average Bonchev–Trinajstić information content (AvgIpc) is 2.76. The van der Waals surface area contributed by atoms with E-state index in [2.05, 4.69) is 4.72 Å². The maximum atomic E-state index is 12.2. The summed E-state index contributed by atoms with van der Waals surface area (Å²) in [6, 6.07) is 6.41. The Bertz CT molecular complexity index is 516. The SMILES string of the molecule is COC1CCC(NS(=O)(=O)c2ccccc2N)C1. The Balaban J connectivity index is 2.11. The minimum Gasteiger partial charge on any atom is -0.398 e. The molecule has 2 unspecified atom stereocenters. The third-order valence-corrected chi connectivity index (χ3v) is 4.84. The molecule has 0 saturated heterocycles. The number of benzene rings is 1. The Hall–Kier alpha value is -1.11. The summed E-state index contributed by atoms with van der Waals surface area (Å²) >= 11 is 0. The van der Waals surface area contributed by atoms with Gasteiger partial charge in [-0.1, -0.05) is 12.1 Å². The van der Waals surface area contributed by atoms with E-state index in [0.717, 1.165) is 12.8 Å². The zero-order valence-corrected chi connectivity index (χ0v) is 11.1. The Labute approximate surface area is 107 Å². The highest BCUT2D eigenvalue weighted by molar-refractivity contribution is 7.89. The van der Waals surface area contributed by atoms with E-state index in [-0.39, 0.29) is 22.7 Å². The molecule has 18 heavy (non-hydrogen) atoms. The van der Waals surface area contributed by atoms with E-state index < -0.39 is 10.0 Å². The second-order valence-corrected chi connectivity index (χ2v) is 6.21. The number of methoxy groups -OCH3 is 1. The zero-order valence-electron chi connectivity index (χ0n) is 10.3. The van der Waals surface area contributed by atoms with Crippen LogP contribution in [-0.2, 0) is 14.8 Å². The van der Waals surface area contributed by atoms with Crippen molar-refractivity contribution in [1.29, 1.82) is 0 Å². The molecule has 6 heteroatoms. The number of nitrogen functional groups attached to an aromatic ring is 1. The fourth-order valence-electron chi connectivity index (χ4n) is 2.27. The average molecular weight is 270 g/mol. The minimum absolute atomic E-state index is 0.0699. The van der Waals surface area contributed by atoms with Crippen LogP contribution >= 0.6 is 0 Å². The predicted octanol–water partition coefficient (Wildman–Crippen LogP) is 1.11. The molecule has 0 aromatic heterocycles. The van der Waals surface area contributed by atoms with Crippen molar-refractivity contribution >= 4 is 15.7 Å². The lowest BCUT2D eigenvalue weighted by Crippen LogP contribution is -2.33. The largest absolute Gasteiger partial charge is 0.398 e. The van der Waals surface area contributed by atoms with Crippen molar-refractivity contribution in [2.24, 2.45) is 0 Å². The van der Waals surface area contributed by atoms with Crippen molar-refractivity contribution in [3.63, 3.8) is 0 Å². The molecule has 2 rings (SSSR count). The first-order chi connectivity index (χ1) is 8.53. The molecule has 0 spiro atoms. The van der Waals surface area contributed by atoms with Gasteiger partial charge >= 0.3 is 0 Å². The van der Waals surface area contributed by atoms with E-state index in [1.54, 1.807) is 25.3 Å². The van der Waals surface area contributed by atoms with Crippen LogP contribution in [0.4, 0.5) is 5.69 Å². The van der Waals surface area contributed by atoms with Gasteiger partial charge in [0.25, 0.3) is 0 Å². The zero-order chi connectivity index (χ0) is 13.2. The highest BCUT2D eigenvalue weighted by Gasteiger charge is 2.29. The van der Waals surface area contributed by atoms with Gasteiger partial charge in [0.1, 0.15) is 4.90 Å². The number of para-hydroxylation sites is 1. The fourth-order valence-corrected chi connectivity index (χ4v) is 3.69. The molecule has 0 radical (unpaired) electrons. The van der Waals surface area contributed by atoms with Gasteiger partial charge in [0.05, 0.1) is 11.8 Å². The summed E-state index contributed by atoms with van der Waals surface area (Å²) in [7, 11) is -1.89. The molecule has 1 aromatic rings. The van der Waals surface area contributed by atoms with Crippen LogP contribution in [0, 0.1) is 0 Å². The number of hydrogen-bond acceptors (Lipinski definition) is 4. The molecule has 0 heterocycles. The molecule has 5 nitrogen and oxygen atoms in total. The number of anilines is 1. The van der Waals surface area contributed by atoms with Gasteiger partial charge in [0.2, 0.25) is 10.0 Å². The van der Waals surface area contributed by atoms with Crippen molar-refractivity contribution in [2.45, 2.75) is 36.3 Å². The molecule has 0 amide bonds. The molecular weight excluding hydrogens is 252 g/mol. The maximum absolute atomic E-state index is 12.2. The van der Waals surface area contributed by atoms with Crippen LogP contribution in [0.2, 0.25) is 0 Å². The summed E-state index contributed by atoms with van der Waals surface area (Å²) in [5.41, 5.74) is 5.96. The van der Waals surface area contributed by atoms with E-state index in [0.29, 0.717) is 6.42 Å². The standard InChI is InChI=1S/C12H18N2O3S/c1-17-10-7-6-9(8-10)14-18(15,16)12-5-3-2-4-11(12)13/h2-5,9-10,14H,6-8,13H2,1H3. The highest BCUT2D eigenvalue weighted by Crippen LogP contribution is 2.24. The summed E-state index contributed by atoms with van der Waals surface area (Å²) in [6.07, 6.45) is 2.53. The molecule has 1 fully saturated rings. The van der Waals surface area contributed by atoms with Crippen molar-refractivity contribution in [2.75, 3.05) is 12.8 Å². The Kier molecular flexibility index (Phi) is 3.89. The van der Waals surface area contributed by atoms with Crippen molar-refractivity contribution in [3.05, 3.63) is 24.3 Å². The van der Waals surface area contributed by atoms with Gasteiger partial charge in [-0.2, -0.15) is 0 Å². The molecule has 1 aliphatic rings. The summed E-state index contributed by atoms with van der Waals surface area (Å²) in [5.74, 6) is 0. The van der Waals surface area contributed by atoms with E-state index in [1.807, 2.05) is 0 Å². The second kappa shape index (κ2) is 5.26. The smallest absolute Gasteiger partial charge is 0.242 e. The minimum atomic E-state index is -3.54. The number of nitrogens with two attached hydrogens (primary N) is 1. The van der Waals surface area contributed by atoms with Crippen LogP contribution < -0.4 is 10.5 Å². The lowest BCUT2D eigenvalue weighted by Gasteiger charge is -2.14. The molecule has 0 aliphatic heterocycles. The van der Waals surface area contributed by atoms with Gasteiger partial charge in [-0.05, 0) is 31.4 Å². The van der Waals surface area contributed by atoms with Gasteiger partial charge in [-0.25, -0.2) is 13.1 Å². The highest BCUT2D eigenvalue weighted by atomic mass is 32.2. The first-order valence-corrected chi connectivity index (χ1v) is 7.41. The number of hydrogen-bond donors (Lipinski definition) is 2.